The summed E-state index contributed by atoms with van der Waals surface area (Å²) in [7, 11) is 0. The molecule has 4 nitrogen and oxygen atoms in total. The van der Waals surface area contributed by atoms with Crippen LogP contribution in [0.4, 0.5) is 0 Å². The Kier molecular flexibility index (Phi) is 7.88. The molecule has 2 aromatic carbocycles. The van der Waals surface area contributed by atoms with Crippen molar-refractivity contribution in [3.8, 4) is 17.2 Å². The van der Waals surface area contributed by atoms with Gasteiger partial charge in [-0.1, -0.05) is 35.4 Å². The number of hydrogen-bond acceptors (Lipinski definition) is 4. The van der Waals surface area contributed by atoms with E-state index < -0.39 is 11.1 Å². The fourth-order valence-electron chi connectivity index (χ4n) is 3.15. The van der Waals surface area contributed by atoms with Crippen molar-refractivity contribution in [2.75, 3.05) is 0 Å². The van der Waals surface area contributed by atoms with Gasteiger partial charge in [-0.05, 0) is 52.2 Å². The molecule has 0 bridgehead atoms. The number of aromatic hydroxyl groups is 2. The minimum absolute atomic E-state index is 0.00889. The molecule has 0 heterocycles. The van der Waals surface area contributed by atoms with Crippen molar-refractivity contribution in [2.45, 2.75) is 50.8 Å². The largest absolute Gasteiger partial charge is 0.507 e. The van der Waals surface area contributed by atoms with Crippen LogP contribution in [0.2, 0.25) is 0 Å². The standard InChI is InChI=1S/C20H22O4S.C3H6/c1-13-6-8-17(9-7-13)25(23)24-16-11-18(21)20(19(22)12-16)15-5-3-4-14(2)10-15;1-3-2/h6-12,15,21-22H,3-5H2,1-2H3;3H,1H2,2H3. The molecular formula is C23H28O4S. The summed E-state index contributed by atoms with van der Waals surface area (Å²) in [6, 6.07) is 10.0. The van der Waals surface area contributed by atoms with Crippen LogP contribution in [-0.2, 0) is 11.1 Å². The number of aryl methyl sites for hydroxylation is 1. The van der Waals surface area contributed by atoms with Gasteiger partial charge in [0.05, 0.1) is 4.90 Å². The molecule has 0 radical (unpaired) electrons. The molecule has 5 heteroatoms. The van der Waals surface area contributed by atoms with Crippen molar-refractivity contribution < 1.29 is 18.6 Å². The highest BCUT2D eigenvalue weighted by atomic mass is 32.2. The molecule has 2 N–H and O–H groups in total. The first-order valence-corrected chi connectivity index (χ1v) is 10.4. The molecule has 0 aromatic heterocycles. The van der Waals surface area contributed by atoms with Crippen molar-refractivity contribution in [3.63, 3.8) is 0 Å². The van der Waals surface area contributed by atoms with E-state index in [0.29, 0.717) is 10.5 Å². The number of phenolic OH excluding ortho intramolecular Hbond substituents is 2. The minimum atomic E-state index is -1.71. The molecule has 28 heavy (non-hydrogen) atoms. The van der Waals surface area contributed by atoms with Gasteiger partial charge in [0.2, 0.25) is 11.1 Å². The summed E-state index contributed by atoms with van der Waals surface area (Å²) < 4.78 is 17.7. The second-order valence-corrected chi connectivity index (χ2v) is 8.03. The monoisotopic (exact) mass is 400 g/mol. The summed E-state index contributed by atoms with van der Waals surface area (Å²) in [5.41, 5.74) is 2.83. The highest BCUT2D eigenvalue weighted by Crippen LogP contribution is 2.43. The number of allylic oxidation sites excluding steroid dienone is 3. The van der Waals surface area contributed by atoms with Gasteiger partial charge in [0.25, 0.3) is 0 Å². The van der Waals surface area contributed by atoms with Gasteiger partial charge in [0, 0.05) is 23.6 Å². The first kappa shape index (κ1) is 21.8. The molecule has 3 rings (SSSR count). The first-order valence-electron chi connectivity index (χ1n) is 9.32. The quantitative estimate of drug-likeness (QED) is 0.626. The molecule has 1 aliphatic carbocycles. The Bertz CT molecular complexity index is 846. The summed E-state index contributed by atoms with van der Waals surface area (Å²) in [6.45, 7) is 9.26. The SMILES string of the molecule is C=CC.CC1=CC(c2c(O)cc(OS(=O)c3ccc(C)cc3)cc2O)CCC1. The van der Waals surface area contributed by atoms with Gasteiger partial charge < -0.3 is 14.4 Å². The molecule has 2 unspecified atom stereocenters. The third kappa shape index (κ3) is 5.73. The zero-order valence-corrected chi connectivity index (χ0v) is 17.5. The molecule has 0 aliphatic heterocycles. The molecule has 0 saturated carbocycles. The Morgan fingerprint density at radius 2 is 1.71 bits per heavy atom. The Morgan fingerprint density at radius 1 is 1.14 bits per heavy atom. The van der Waals surface area contributed by atoms with Crippen molar-refractivity contribution >= 4 is 11.1 Å². The molecule has 0 amide bonds. The molecule has 2 atom stereocenters. The second kappa shape index (κ2) is 10.1. The van der Waals surface area contributed by atoms with Crippen molar-refractivity contribution in [3.05, 3.63) is 71.8 Å². The second-order valence-electron chi connectivity index (χ2n) is 6.93. The summed E-state index contributed by atoms with van der Waals surface area (Å²) >= 11 is -1.71. The van der Waals surface area contributed by atoms with Gasteiger partial charge >= 0.3 is 0 Å². The van der Waals surface area contributed by atoms with Crippen LogP contribution in [0.5, 0.6) is 17.2 Å². The van der Waals surface area contributed by atoms with Gasteiger partial charge in [0.15, 0.2) is 0 Å². The maximum atomic E-state index is 12.3. The van der Waals surface area contributed by atoms with Gasteiger partial charge in [-0.15, -0.1) is 6.58 Å². The van der Waals surface area contributed by atoms with E-state index in [1.165, 1.54) is 17.7 Å². The Labute approximate surface area is 169 Å². The lowest BCUT2D eigenvalue weighted by Gasteiger charge is -2.22. The van der Waals surface area contributed by atoms with E-state index in [4.69, 9.17) is 4.18 Å². The molecule has 2 aromatic rings. The molecule has 1 aliphatic rings. The fourth-order valence-corrected chi connectivity index (χ4v) is 3.87. The van der Waals surface area contributed by atoms with Crippen LogP contribution < -0.4 is 4.18 Å². The van der Waals surface area contributed by atoms with Crippen molar-refractivity contribution in [1.82, 2.24) is 0 Å². The lowest BCUT2D eigenvalue weighted by atomic mass is 9.85. The molecule has 150 valence electrons. The van der Waals surface area contributed by atoms with Gasteiger partial charge in [-0.25, -0.2) is 4.21 Å². The number of rotatable bonds is 4. The number of hydrogen-bond donors (Lipinski definition) is 2. The van der Waals surface area contributed by atoms with Crippen LogP contribution in [0.25, 0.3) is 0 Å². The third-order valence-electron chi connectivity index (χ3n) is 4.44. The molecular weight excluding hydrogens is 372 g/mol. The predicted molar refractivity (Wildman–Crippen MR) is 114 cm³/mol. The van der Waals surface area contributed by atoms with E-state index in [1.54, 1.807) is 18.2 Å². The average molecular weight is 401 g/mol. The van der Waals surface area contributed by atoms with E-state index in [-0.39, 0.29) is 23.2 Å². The van der Waals surface area contributed by atoms with Gasteiger partial charge in [-0.3, -0.25) is 0 Å². The normalized spacial score (nSPS) is 17.0. The van der Waals surface area contributed by atoms with Gasteiger partial charge in [0.1, 0.15) is 17.2 Å². The van der Waals surface area contributed by atoms with Crippen LogP contribution in [-0.4, -0.2) is 14.4 Å². The van der Waals surface area contributed by atoms with E-state index >= 15 is 0 Å². The summed E-state index contributed by atoms with van der Waals surface area (Å²) in [6.07, 6.45) is 6.80. The average Bonchev–Trinajstić information content (AvgIpc) is 2.62. The Hall–Kier alpha value is -2.53. The highest BCUT2D eigenvalue weighted by molar-refractivity contribution is 7.80. The van der Waals surface area contributed by atoms with Crippen molar-refractivity contribution in [2.24, 2.45) is 0 Å². The molecule has 0 saturated heterocycles. The topological polar surface area (TPSA) is 66.8 Å². The highest BCUT2D eigenvalue weighted by Gasteiger charge is 2.22. The maximum Gasteiger partial charge on any atom is 0.240 e. The zero-order chi connectivity index (χ0) is 20.7. The smallest absolute Gasteiger partial charge is 0.240 e. The van der Waals surface area contributed by atoms with Crippen LogP contribution >= 0.6 is 0 Å². The number of benzene rings is 2. The molecule has 0 spiro atoms. The third-order valence-corrected chi connectivity index (χ3v) is 5.44. The summed E-state index contributed by atoms with van der Waals surface area (Å²) in [5, 5.41) is 20.7. The summed E-state index contributed by atoms with van der Waals surface area (Å²) in [5.74, 6) is 0.0956. The summed E-state index contributed by atoms with van der Waals surface area (Å²) in [4.78, 5) is 0.527. The van der Waals surface area contributed by atoms with E-state index in [2.05, 4.69) is 19.6 Å². The van der Waals surface area contributed by atoms with Gasteiger partial charge in [-0.2, -0.15) is 0 Å². The van der Waals surface area contributed by atoms with Crippen LogP contribution in [0, 0.1) is 6.92 Å². The lowest BCUT2D eigenvalue weighted by Crippen LogP contribution is -2.04. The Balaban J connectivity index is 0.000000878. The van der Waals surface area contributed by atoms with Crippen LogP contribution in [0.15, 0.2) is 65.6 Å². The first-order chi connectivity index (χ1) is 13.3. The van der Waals surface area contributed by atoms with Crippen molar-refractivity contribution in [1.29, 1.82) is 0 Å². The predicted octanol–water partition coefficient (Wildman–Crippen LogP) is 5.91. The molecule has 0 fully saturated rings. The van der Waals surface area contributed by atoms with E-state index in [0.717, 1.165) is 24.8 Å². The lowest BCUT2D eigenvalue weighted by molar-refractivity contribution is 0.424. The zero-order valence-electron chi connectivity index (χ0n) is 16.6. The van der Waals surface area contributed by atoms with E-state index in [1.807, 2.05) is 26.0 Å². The van der Waals surface area contributed by atoms with Crippen LogP contribution in [0.3, 0.4) is 0 Å². The fraction of sp³-hybridized carbons (Fsp3) is 0.304. The van der Waals surface area contributed by atoms with E-state index in [9.17, 15) is 14.4 Å². The maximum absolute atomic E-state index is 12.3. The minimum Gasteiger partial charge on any atom is -0.507 e. The van der Waals surface area contributed by atoms with Crippen LogP contribution in [0.1, 0.15) is 50.2 Å². The Morgan fingerprint density at radius 3 is 2.25 bits per heavy atom. The number of phenols is 2.